The van der Waals surface area contributed by atoms with Crippen molar-refractivity contribution in [2.24, 2.45) is 0 Å². The highest BCUT2D eigenvalue weighted by molar-refractivity contribution is 8.16. The van der Waals surface area contributed by atoms with Gasteiger partial charge in [0.2, 0.25) is 0 Å². The van der Waals surface area contributed by atoms with Crippen molar-refractivity contribution >= 4 is 58.8 Å². The molecule has 2 rings (SSSR count). The van der Waals surface area contributed by atoms with Gasteiger partial charge in [0.25, 0.3) is 0 Å². The lowest BCUT2D eigenvalue weighted by atomic mass is 11.0. The molecule has 2 aliphatic rings. The Hall–Kier alpha value is 1.67. The summed E-state index contributed by atoms with van der Waals surface area (Å²) in [5.74, 6) is 7.30. The zero-order valence-electron chi connectivity index (χ0n) is 8.59. The SMILES string of the molecule is C1SCN(CSCN2CSCSC2)CS1. The van der Waals surface area contributed by atoms with Crippen LogP contribution in [0.3, 0.4) is 0 Å². The quantitative estimate of drug-likeness (QED) is 0.777. The fraction of sp³-hybridized carbons (Fsp3) is 1.00. The van der Waals surface area contributed by atoms with E-state index >= 15 is 0 Å². The van der Waals surface area contributed by atoms with Gasteiger partial charge >= 0.3 is 0 Å². The van der Waals surface area contributed by atoms with Gasteiger partial charge in [0.1, 0.15) is 0 Å². The minimum absolute atomic E-state index is 1.20. The van der Waals surface area contributed by atoms with E-state index in [-0.39, 0.29) is 0 Å². The van der Waals surface area contributed by atoms with Gasteiger partial charge in [0.15, 0.2) is 0 Å². The highest BCUT2D eigenvalue weighted by Gasteiger charge is 2.13. The summed E-state index contributed by atoms with van der Waals surface area (Å²) in [7, 11) is 0. The molecule has 2 fully saturated rings. The van der Waals surface area contributed by atoms with Crippen LogP contribution in [0.25, 0.3) is 0 Å². The van der Waals surface area contributed by atoms with E-state index in [4.69, 9.17) is 0 Å². The molecule has 0 aliphatic carbocycles. The minimum atomic E-state index is 1.20. The smallest absolute Gasteiger partial charge is 0.0473 e. The minimum Gasteiger partial charge on any atom is -0.276 e. The fourth-order valence-electron chi connectivity index (χ4n) is 1.31. The van der Waals surface area contributed by atoms with E-state index in [0.29, 0.717) is 0 Å². The average molecular weight is 301 g/mol. The van der Waals surface area contributed by atoms with E-state index in [1.165, 1.54) is 45.4 Å². The first-order valence-electron chi connectivity index (χ1n) is 4.78. The standard InChI is InChI=1S/C8H16N2S5/c1(9-3-12-7-13-4-9)11-2-10-5-14-8-15-6-10/h1-8H2. The summed E-state index contributed by atoms with van der Waals surface area (Å²) in [6.07, 6.45) is 0. The summed E-state index contributed by atoms with van der Waals surface area (Å²) in [6, 6.07) is 0. The summed E-state index contributed by atoms with van der Waals surface area (Å²) >= 11 is 10.2. The monoisotopic (exact) mass is 300 g/mol. The number of hydrogen-bond donors (Lipinski definition) is 0. The molecule has 0 amide bonds. The molecular weight excluding hydrogens is 284 g/mol. The Morgan fingerprint density at radius 1 is 0.733 bits per heavy atom. The van der Waals surface area contributed by atoms with Crippen molar-refractivity contribution in [1.29, 1.82) is 0 Å². The van der Waals surface area contributed by atoms with E-state index in [1.807, 2.05) is 47.0 Å². The van der Waals surface area contributed by atoms with Gasteiger partial charge in [-0.25, -0.2) is 0 Å². The van der Waals surface area contributed by atoms with Crippen molar-refractivity contribution in [1.82, 2.24) is 9.80 Å². The molecule has 2 nitrogen and oxygen atoms in total. The zero-order chi connectivity index (χ0) is 10.3. The summed E-state index contributed by atoms with van der Waals surface area (Å²) in [6.45, 7) is 0. The predicted octanol–water partition coefficient (Wildman–Crippen LogP) is 2.94. The molecular formula is C8H16N2S5. The van der Waals surface area contributed by atoms with Gasteiger partial charge in [-0.05, 0) is 0 Å². The van der Waals surface area contributed by atoms with Gasteiger partial charge < -0.3 is 0 Å². The van der Waals surface area contributed by atoms with Crippen molar-refractivity contribution in [3.8, 4) is 0 Å². The Morgan fingerprint density at radius 3 is 1.53 bits per heavy atom. The maximum absolute atomic E-state index is 2.54. The van der Waals surface area contributed by atoms with Gasteiger partial charge in [-0.1, -0.05) is 0 Å². The highest BCUT2D eigenvalue weighted by atomic mass is 32.2. The lowest BCUT2D eigenvalue weighted by molar-refractivity contribution is 0.428. The van der Waals surface area contributed by atoms with E-state index in [0.717, 1.165) is 0 Å². The lowest BCUT2D eigenvalue weighted by Crippen LogP contribution is -2.29. The van der Waals surface area contributed by atoms with Crippen LogP contribution >= 0.6 is 58.8 Å². The topological polar surface area (TPSA) is 6.48 Å². The molecule has 0 bridgehead atoms. The molecule has 0 aromatic carbocycles. The van der Waals surface area contributed by atoms with Crippen LogP contribution in [-0.2, 0) is 0 Å². The molecule has 2 saturated heterocycles. The molecule has 15 heavy (non-hydrogen) atoms. The number of rotatable bonds is 4. The Balaban J connectivity index is 1.53. The van der Waals surface area contributed by atoms with Crippen LogP contribution in [0.2, 0.25) is 0 Å². The van der Waals surface area contributed by atoms with Crippen LogP contribution in [0, 0.1) is 0 Å². The van der Waals surface area contributed by atoms with E-state index < -0.39 is 0 Å². The van der Waals surface area contributed by atoms with Crippen LogP contribution in [-0.4, -0.2) is 55.2 Å². The lowest BCUT2D eigenvalue weighted by Gasteiger charge is -2.28. The van der Waals surface area contributed by atoms with Gasteiger partial charge in [0.05, 0.1) is 0 Å². The largest absolute Gasteiger partial charge is 0.276 e. The van der Waals surface area contributed by atoms with Crippen molar-refractivity contribution < 1.29 is 0 Å². The molecule has 0 radical (unpaired) electrons. The summed E-state index contributed by atoms with van der Waals surface area (Å²) in [5, 5.41) is 2.56. The Labute approximate surface area is 113 Å². The van der Waals surface area contributed by atoms with Crippen LogP contribution in [0.15, 0.2) is 0 Å². The zero-order valence-corrected chi connectivity index (χ0v) is 12.7. The second kappa shape index (κ2) is 7.89. The van der Waals surface area contributed by atoms with E-state index in [2.05, 4.69) is 21.6 Å². The normalized spacial score (nSPS) is 25.6. The van der Waals surface area contributed by atoms with Gasteiger partial charge in [-0.3, -0.25) is 9.80 Å². The average Bonchev–Trinajstić information content (AvgIpc) is 2.32. The summed E-state index contributed by atoms with van der Waals surface area (Å²) in [5.41, 5.74) is 0. The molecule has 0 spiro atoms. The van der Waals surface area contributed by atoms with Crippen molar-refractivity contribution in [2.45, 2.75) is 0 Å². The maximum atomic E-state index is 2.54. The molecule has 88 valence electrons. The van der Waals surface area contributed by atoms with Crippen LogP contribution in [0.4, 0.5) is 0 Å². The first-order valence-corrected chi connectivity index (χ1v) is 10.6. The van der Waals surface area contributed by atoms with E-state index in [1.54, 1.807) is 0 Å². The third-order valence-electron chi connectivity index (χ3n) is 1.98. The second-order valence-electron chi connectivity index (χ2n) is 3.37. The molecule has 2 heterocycles. The highest BCUT2D eigenvalue weighted by Crippen LogP contribution is 2.25. The number of hydrogen-bond acceptors (Lipinski definition) is 7. The molecule has 0 N–H and O–H groups in total. The van der Waals surface area contributed by atoms with Crippen LogP contribution in [0.5, 0.6) is 0 Å². The van der Waals surface area contributed by atoms with Crippen LogP contribution in [0.1, 0.15) is 0 Å². The number of nitrogens with zero attached hydrogens (tertiary/aromatic N) is 2. The molecule has 0 aromatic rings. The van der Waals surface area contributed by atoms with Gasteiger partial charge in [-0.2, -0.15) is 0 Å². The Bertz CT molecular complexity index is 152. The molecule has 7 heteroatoms. The van der Waals surface area contributed by atoms with Gasteiger partial charge in [0, 0.05) is 45.4 Å². The first-order chi connectivity index (χ1) is 7.45. The van der Waals surface area contributed by atoms with Crippen molar-refractivity contribution in [3.63, 3.8) is 0 Å². The molecule has 0 aromatic heterocycles. The molecule has 0 atom stereocenters. The fourth-order valence-corrected chi connectivity index (χ4v) is 6.86. The van der Waals surface area contributed by atoms with Crippen LogP contribution < -0.4 is 0 Å². The predicted molar refractivity (Wildman–Crippen MR) is 80.6 cm³/mol. The van der Waals surface area contributed by atoms with E-state index in [9.17, 15) is 0 Å². The second-order valence-corrected chi connectivity index (χ2v) is 8.85. The molecule has 0 unspecified atom stereocenters. The van der Waals surface area contributed by atoms with Crippen molar-refractivity contribution in [2.75, 3.05) is 45.4 Å². The maximum Gasteiger partial charge on any atom is 0.0473 e. The molecule has 2 aliphatic heterocycles. The Kier molecular flexibility index (Phi) is 6.90. The number of thioether (sulfide) groups is 5. The first kappa shape index (κ1) is 13.1. The third-order valence-corrected chi connectivity index (χ3v) is 7.93. The van der Waals surface area contributed by atoms with Gasteiger partial charge in [-0.15, -0.1) is 58.8 Å². The Morgan fingerprint density at radius 2 is 1.13 bits per heavy atom. The third kappa shape index (κ3) is 5.23. The molecule has 0 saturated carbocycles. The van der Waals surface area contributed by atoms with Crippen molar-refractivity contribution in [3.05, 3.63) is 0 Å². The summed E-state index contributed by atoms with van der Waals surface area (Å²) in [4.78, 5) is 5.07. The summed E-state index contributed by atoms with van der Waals surface area (Å²) < 4.78 is 0.